The minimum absolute atomic E-state index is 0.826. The smallest absolute Gasteiger partial charge is 0.0809 e. The van der Waals surface area contributed by atoms with E-state index < -0.39 is 20.8 Å². The topological polar surface area (TPSA) is 0 Å². The maximum absolute atomic E-state index is 4.93. The Balaban J connectivity index is 0.000000250. The second-order valence-electron chi connectivity index (χ2n) is 8.60. The molecule has 5 aromatic rings. The summed E-state index contributed by atoms with van der Waals surface area (Å²) in [6, 6.07) is 35.1. The summed E-state index contributed by atoms with van der Waals surface area (Å²) in [5.74, 6) is 0. The molecule has 0 unspecified atom stereocenters. The molecule has 0 nitrogen and oxygen atoms in total. The fourth-order valence-electron chi connectivity index (χ4n) is 4.19. The third-order valence-corrected chi connectivity index (χ3v) is 5.70. The van der Waals surface area contributed by atoms with Gasteiger partial charge in [-0.3, -0.25) is 0 Å². The van der Waals surface area contributed by atoms with Gasteiger partial charge in [0.2, 0.25) is 0 Å². The molecule has 0 fully saturated rings. The van der Waals surface area contributed by atoms with Gasteiger partial charge in [0, 0.05) is 9.52 Å². The average Bonchev–Trinajstić information content (AvgIpc) is 3.53. The average molecular weight is 611 g/mol. The minimum Gasteiger partial charge on any atom is -0.168 e. The molecule has 0 spiro atoms. The fourth-order valence-corrected chi connectivity index (χ4v) is 4.19. The molecule has 0 aliphatic rings. The van der Waals surface area contributed by atoms with Crippen molar-refractivity contribution in [2.45, 2.75) is 52.6 Å². The van der Waals surface area contributed by atoms with E-state index in [0.29, 0.717) is 0 Å². The third-order valence-electron chi connectivity index (χ3n) is 5.70. The monoisotopic (exact) mass is 608 g/mol. The minimum atomic E-state index is -0.826. The van der Waals surface area contributed by atoms with Crippen molar-refractivity contribution in [1.82, 2.24) is 0 Å². The Hall–Kier alpha value is -1.44. The summed E-state index contributed by atoms with van der Waals surface area (Å²) in [7, 11) is 11.0. The van der Waals surface area contributed by atoms with E-state index in [2.05, 4.69) is 124 Å². The summed E-state index contributed by atoms with van der Waals surface area (Å²) in [4.78, 5) is 0. The maximum atomic E-state index is 4.93. The van der Waals surface area contributed by atoms with Gasteiger partial charge in [-0.05, 0) is 24.0 Å². The molecule has 186 valence electrons. The third kappa shape index (κ3) is 9.79. The van der Waals surface area contributed by atoms with Crippen molar-refractivity contribution < 1.29 is 20.8 Å². The zero-order valence-electron chi connectivity index (χ0n) is 21.8. The first-order valence-electron chi connectivity index (χ1n) is 12.5. The first-order valence-corrected chi connectivity index (χ1v) is 20.9. The first kappa shape index (κ1) is 30.8. The summed E-state index contributed by atoms with van der Waals surface area (Å²) in [5, 5.41) is 5.42. The van der Waals surface area contributed by atoms with Crippen LogP contribution < -0.4 is 0 Å². The van der Waals surface area contributed by atoms with Crippen LogP contribution in [0, 0.1) is 0 Å². The Kier molecular flexibility index (Phi) is 15.3. The van der Waals surface area contributed by atoms with Gasteiger partial charge in [0.25, 0.3) is 0 Å². The molecular formula is C32H36Cl2SiZr. The molecule has 5 rings (SSSR count). The van der Waals surface area contributed by atoms with E-state index in [1.165, 1.54) is 69.5 Å². The molecular weight excluding hydrogens is 575 g/mol. The summed E-state index contributed by atoms with van der Waals surface area (Å²) >= 11 is -0.826. The second kappa shape index (κ2) is 17.9. The predicted molar refractivity (Wildman–Crippen MR) is 162 cm³/mol. The molecule has 4 heteroatoms. The van der Waals surface area contributed by atoms with Crippen molar-refractivity contribution in [2.75, 3.05) is 0 Å². The number of benzene rings is 3. The predicted octanol–water partition coefficient (Wildman–Crippen LogP) is 10.9. The van der Waals surface area contributed by atoms with Crippen LogP contribution in [0.3, 0.4) is 0 Å². The van der Waals surface area contributed by atoms with Gasteiger partial charge in [-0.2, -0.15) is 23.6 Å². The van der Waals surface area contributed by atoms with Crippen LogP contribution in [0.25, 0.3) is 32.7 Å². The standard InChI is InChI=1S/C21H23.C9H7.C2H6Si.2ClH.Zr/c1-3-6-16-10-12-18(13-11-16)20-9-5-8-19-14-17(7-4-2)15-21(19)20;1-2-5-9-7-3-6-8(9)4-1;1-3-2;;;/h5,8-15H,3-4,6-7H2,1-2H3;1-7H;1-2H3;2*1H;/q2*-1;;;;+4/p-2. The molecule has 0 saturated carbocycles. The second-order valence-corrected chi connectivity index (χ2v) is 13.3. The maximum Gasteiger partial charge on any atom is -0.0809 e. The van der Waals surface area contributed by atoms with Gasteiger partial charge in [0.15, 0.2) is 0 Å². The number of halogens is 2. The van der Waals surface area contributed by atoms with E-state index in [1.807, 2.05) is 0 Å². The van der Waals surface area contributed by atoms with Gasteiger partial charge >= 0.3 is 37.9 Å². The van der Waals surface area contributed by atoms with Gasteiger partial charge in [-0.15, -0.1) is 64.2 Å². The van der Waals surface area contributed by atoms with Crippen LogP contribution in [0.5, 0.6) is 0 Å². The van der Waals surface area contributed by atoms with Gasteiger partial charge in [0.05, 0.1) is 0 Å². The Bertz CT molecular complexity index is 1220. The molecule has 36 heavy (non-hydrogen) atoms. The number of hydrogen-bond donors (Lipinski definition) is 0. The number of aryl methyl sites for hydroxylation is 2. The van der Waals surface area contributed by atoms with Crippen LogP contribution in [0.15, 0.2) is 97.1 Å². The fraction of sp³-hybridized carbons (Fsp3) is 0.250. The van der Waals surface area contributed by atoms with Crippen LogP contribution in [0.4, 0.5) is 0 Å². The summed E-state index contributed by atoms with van der Waals surface area (Å²) in [5.41, 5.74) is 5.58. The van der Waals surface area contributed by atoms with Gasteiger partial charge < -0.3 is 0 Å². The van der Waals surface area contributed by atoms with E-state index in [9.17, 15) is 0 Å². The Morgan fingerprint density at radius 2 is 1.42 bits per heavy atom. The number of rotatable bonds is 5. The van der Waals surface area contributed by atoms with Gasteiger partial charge in [-0.25, -0.2) is 0 Å². The van der Waals surface area contributed by atoms with Gasteiger partial charge in [-0.1, -0.05) is 81.7 Å². The summed E-state index contributed by atoms with van der Waals surface area (Å²) < 4.78 is 0. The van der Waals surface area contributed by atoms with Crippen molar-refractivity contribution in [2.24, 2.45) is 0 Å². The SMILES string of the molecule is CCCc1ccc(-c2cccc3[cH-]c(CCC)cc23)cc1.C[Si]C.[Cl][Zr+2][Cl].c1ccc2[cH-]ccc2c1. The van der Waals surface area contributed by atoms with E-state index in [4.69, 9.17) is 17.0 Å². The molecule has 0 aliphatic heterocycles. The zero-order valence-corrected chi connectivity index (χ0v) is 26.8. The molecule has 0 N–H and O–H groups in total. The molecule has 0 amide bonds. The van der Waals surface area contributed by atoms with E-state index in [0.717, 1.165) is 9.52 Å². The van der Waals surface area contributed by atoms with Crippen LogP contribution in [0.2, 0.25) is 13.1 Å². The quantitative estimate of drug-likeness (QED) is 0.137. The molecule has 0 bridgehead atoms. The van der Waals surface area contributed by atoms with Crippen LogP contribution >= 0.6 is 17.0 Å². The first-order chi connectivity index (χ1) is 17.6. The van der Waals surface area contributed by atoms with Crippen molar-refractivity contribution >= 4 is 48.1 Å². The zero-order chi connectivity index (χ0) is 26.2. The molecule has 0 atom stereocenters. The molecule has 2 radical (unpaired) electrons. The van der Waals surface area contributed by atoms with E-state index in [1.54, 1.807) is 0 Å². The molecule has 0 saturated heterocycles. The molecule has 0 aromatic heterocycles. The molecule has 5 aromatic carbocycles. The van der Waals surface area contributed by atoms with Gasteiger partial charge in [0.1, 0.15) is 0 Å². The van der Waals surface area contributed by atoms with Crippen LogP contribution in [-0.2, 0) is 33.7 Å². The molecule has 0 heterocycles. The van der Waals surface area contributed by atoms with Crippen molar-refractivity contribution in [1.29, 1.82) is 0 Å². The van der Waals surface area contributed by atoms with E-state index in [-0.39, 0.29) is 0 Å². The van der Waals surface area contributed by atoms with Crippen molar-refractivity contribution in [3.05, 3.63) is 108 Å². The van der Waals surface area contributed by atoms with Crippen LogP contribution in [0.1, 0.15) is 37.8 Å². The summed E-state index contributed by atoms with van der Waals surface area (Å²) in [6.07, 6.45) is 4.75. The van der Waals surface area contributed by atoms with Crippen LogP contribution in [-0.4, -0.2) is 9.52 Å². The molecule has 0 aliphatic carbocycles. The van der Waals surface area contributed by atoms with Crippen molar-refractivity contribution in [3.63, 3.8) is 0 Å². The summed E-state index contributed by atoms with van der Waals surface area (Å²) in [6.45, 7) is 8.78. The normalized spacial score (nSPS) is 9.83. The van der Waals surface area contributed by atoms with E-state index >= 15 is 0 Å². The van der Waals surface area contributed by atoms with Crippen molar-refractivity contribution in [3.8, 4) is 11.1 Å². The largest absolute Gasteiger partial charge is 0.168 e. The number of hydrogen-bond acceptors (Lipinski definition) is 0. The Morgan fingerprint density at radius 1 is 0.778 bits per heavy atom. The Labute approximate surface area is 239 Å². The Morgan fingerprint density at radius 3 is 2.06 bits per heavy atom. The number of fused-ring (bicyclic) bond motifs is 2.